The first kappa shape index (κ1) is 19.7. The van der Waals surface area contributed by atoms with Crippen molar-refractivity contribution >= 4 is 17.5 Å². The minimum Gasteiger partial charge on any atom is -0.494 e. The zero-order valence-corrected chi connectivity index (χ0v) is 17.1. The van der Waals surface area contributed by atoms with E-state index in [1.807, 2.05) is 31.2 Å². The van der Waals surface area contributed by atoms with Crippen molar-refractivity contribution in [3.63, 3.8) is 0 Å². The van der Waals surface area contributed by atoms with Crippen LogP contribution >= 0.6 is 11.6 Å². The number of aromatic nitrogens is 4. The molecule has 0 aliphatic carbocycles. The van der Waals surface area contributed by atoms with Crippen molar-refractivity contribution in [3.05, 3.63) is 76.9 Å². The summed E-state index contributed by atoms with van der Waals surface area (Å²) in [5.41, 5.74) is 2.79. The van der Waals surface area contributed by atoms with Crippen LogP contribution in [0.15, 0.2) is 59.3 Å². The molecule has 4 aromatic rings. The van der Waals surface area contributed by atoms with E-state index >= 15 is 0 Å². The van der Waals surface area contributed by atoms with Crippen molar-refractivity contribution in [3.8, 4) is 22.8 Å². The van der Waals surface area contributed by atoms with Crippen molar-refractivity contribution in [1.82, 2.24) is 25.2 Å². The fourth-order valence-corrected chi connectivity index (χ4v) is 3.07. The van der Waals surface area contributed by atoms with Gasteiger partial charge in [0.15, 0.2) is 5.69 Å². The summed E-state index contributed by atoms with van der Waals surface area (Å²) in [6.45, 7) is 2.05. The van der Waals surface area contributed by atoms with E-state index < -0.39 is 0 Å². The Balaban J connectivity index is 1.44. The number of carbonyl (C=O) groups excluding carboxylic acids is 1. The van der Waals surface area contributed by atoms with Crippen LogP contribution in [0.2, 0.25) is 5.02 Å². The highest BCUT2D eigenvalue weighted by Crippen LogP contribution is 2.23. The van der Waals surface area contributed by atoms with E-state index in [9.17, 15) is 4.79 Å². The van der Waals surface area contributed by atoms with Crippen LogP contribution < -0.4 is 10.1 Å². The van der Waals surface area contributed by atoms with Crippen LogP contribution in [0.5, 0.6) is 5.75 Å². The van der Waals surface area contributed by atoms with Crippen LogP contribution in [0, 0.1) is 6.92 Å². The number of nitrogens with one attached hydrogen (secondary N) is 1. The van der Waals surface area contributed by atoms with Gasteiger partial charge in [-0.25, -0.2) is 4.68 Å². The molecule has 9 heteroatoms. The van der Waals surface area contributed by atoms with Crippen molar-refractivity contribution < 1.29 is 14.1 Å². The van der Waals surface area contributed by atoms with Crippen molar-refractivity contribution in [2.45, 2.75) is 13.5 Å². The molecule has 1 amide bonds. The molecule has 0 saturated heterocycles. The Hall–Kier alpha value is -3.65. The van der Waals surface area contributed by atoms with Gasteiger partial charge in [-0.15, -0.1) is 0 Å². The largest absolute Gasteiger partial charge is 0.494 e. The van der Waals surface area contributed by atoms with E-state index in [1.54, 1.807) is 42.3 Å². The number of hydrogen-bond donors (Lipinski definition) is 1. The van der Waals surface area contributed by atoms with Gasteiger partial charge in [0.25, 0.3) is 5.91 Å². The first-order valence-electron chi connectivity index (χ1n) is 9.11. The summed E-state index contributed by atoms with van der Waals surface area (Å²) in [7, 11) is 1.59. The fourth-order valence-electron chi connectivity index (χ4n) is 2.88. The van der Waals surface area contributed by atoms with Crippen LogP contribution in [-0.4, -0.2) is 32.9 Å². The maximum absolute atomic E-state index is 12.5. The normalized spacial score (nSPS) is 10.8. The van der Waals surface area contributed by atoms with E-state index in [0.29, 0.717) is 16.6 Å². The van der Waals surface area contributed by atoms with Gasteiger partial charge in [-0.05, 0) is 42.8 Å². The molecule has 0 atom stereocenters. The van der Waals surface area contributed by atoms with Gasteiger partial charge in [0.2, 0.25) is 11.7 Å². The monoisotopic (exact) mass is 423 g/mol. The number of methoxy groups -OCH3 is 1. The van der Waals surface area contributed by atoms with Gasteiger partial charge in [-0.2, -0.15) is 10.1 Å². The maximum Gasteiger partial charge on any atom is 0.272 e. The van der Waals surface area contributed by atoms with Gasteiger partial charge in [-0.1, -0.05) is 35.0 Å². The highest BCUT2D eigenvalue weighted by Gasteiger charge is 2.15. The third kappa shape index (κ3) is 4.18. The van der Waals surface area contributed by atoms with Gasteiger partial charge >= 0.3 is 0 Å². The number of ether oxygens (including phenoxy) is 1. The van der Waals surface area contributed by atoms with Crippen molar-refractivity contribution in [2.75, 3.05) is 7.11 Å². The number of rotatable bonds is 6. The van der Waals surface area contributed by atoms with Crippen LogP contribution in [0.4, 0.5) is 0 Å². The predicted octanol–water partition coefficient (Wildman–Crippen LogP) is 3.82. The summed E-state index contributed by atoms with van der Waals surface area (Å²) < 4.78 is 12.2. The first-order valence-corrected chi connectivity index (χ1v) is 9.48. The standard InChI is InChI=1S/C21H18ClN5O3/c1-13-6-7-18(29-2)17(10-13)27-9-8-16(25-27)21(28)23-12-19-24-20(26-30-19)14-4-3-5-15(22)11-14/h3-11H,12H2,1-2H3,(H,23,28). The highest BCUT2D eigenvalue weighted by molar-refractivity contribution is 6.30. The molecule has 0 unspecified atom stereocenters. The summed E-state index contributed by atoms with van der Waals surface area (Å²) in [5.74, 6) is 0.980. The molecule has 30 heavy (non-hydrogen) atoms. The second-order valence-electron chi connectivity index (χ2n) is 6.53. The lowest BCUT2D eigenvalue weighted by Gasteiger charge is -2.09. The number of amides is 1. The molecule has 2 aromatic carbocycles. The Kier molecular flexibility index (Phi) is 5.49. The lowest BCUT2D eigenvalue weighted by atomic mass is 10.2. The summed E-state index contributed by atoms with van der Waals surface area (Å²) in [6.07, 6.45) is 1.70. The molecule has 1 N–H and O–H groups in total. The smallest absolute Gasteiger partial charge is 0.272 e. The molecule has 0 spiro atoms. The lowest BCUT2D eigenvalue weighted by Crippen LogP contribution is -2.23. The molecule has 0 fully saturated rings. The minimum atomic E-state index is -0.358. The summed E-state index contributed by atoms with van der Waals surface area (Å²) in [6, 6.07) is 14.5. The van der Waals surface area contributed by atoms with E-state index in [-0.39, 0.29) is 24.0 Å². The van der Waals surface area contributed by atoms with Gasteiger partial charge in [0.1, 0.15) is 11.4 Å². The zero-order valence-electron chi connectivity index (χ0n) is 16.3. The Morgan fingerprint density at radius 2 is 2.10 bits per heavy atom. The molecule has 4 rings (SSSR count). The number of halogens is 1. The molecule has 8 nitrogen and oxygen atoms in total. The summed E-state index contributed by atoms with van der Waals surface area (Å²) in [5, 5.41) is 11.6. The van der Waals surface area contributed by atoms with Gasteiger partial charge in [0.05, 0.1) is 13.7 Å². The quantitative estimate of drug-likeness (QED) is 0.506. The number of nitrogens with zero attached hydrogens (tertiary/aromatic N) is 4. The third-order valence-electron chi connectivity index (χ3n) is 4.35. The predicted molar refractivity (Wildman–Crippen MR) is 111 cm³/mol. The zero-order chi connectivity index (χ0) is 21.1. The van der Waals surface area contributed by atoms with Crippen LogP contribution in [-0.2, 0) is 6.54 Å². The van der Waals surface area contributed by atoms with E-state index in [4.69, 9.17) is 20.9 Å². The van der Waals surface area contributed by atoms with Crippen molar-refractivity contribution in [1.29, 1.82) is 0 Å². The molecule has 0 saturated carbocycles. The molecule has 0 aliphatic rings. The van der Waals surface area contributed by atoms with Gasteiger partial charge in [-0.3, -0.25) is 4.79 Å². The van der Waals surface area contributed by atoms with E-state index in [1.165, 1.54) is 0 Å². The second kappa shape index (κ2) is 8.38. The maximum atomic E-state index is 12.5. The number of hydrogen-bond acceptors (Lipinski definition) is 6. The first-order chi connectivity index (χ1) is 14.5. The molecule has 0 aliphatic heterocycles. The average Bonchev–Trinajstić information content (AvgIpc) is 3.42. The summed E-state index contributed by atoms with van der Waals surface area (Å²) >= 11 is 5.99. The molecule has 0 bridgehead atoms. The van der Waals surface area contributed by atoms with Crippen LogP contribution in [0.1, 0.15) is 21.9 Å². The molecule has 2 heterocycles. The van der Waals surface area contributed by atoms with Crippen molar-refractivity contribution in [2.24, 2.45) is 0 Å². The SMILES string of the molecule is COc1ccc(C)cc1-n1ccc(C(=O)NCc2nc(-c3cccc(Cl)c3)no2)n1. The van der Waals surface area contributed by atoms with Gasteiger partial charge < -0.3 is 14.6 Å². The van der Waals surface area contributed by atoms with Gasteiger partial charge in [0, 0.05) is 16.8 Å². The lowest BCUT2D eigenvalue weighted by molar-refractivity contribution is 0.0941. The number of carbonyl (C=O) groups is 1. The number of benzene rings is 2. The third-order valence-corrected chi connectivity index (χ3v) is 4.59. The topological polar surface area (TPSA) is 95.1 Å². The summed E-state index contributed by atoms with van der Waals surface area (Å²) in [4.78, 5) is 16.8. The van der Waals surface area contributed by atoms with E-state index in [0.717, 1.165) is 16.8 Å². The molecular weight excluding hydrogens is 406 g/mol. The molecular formula is C21H18ClN5O3. The Bertz CT molecular complexity index is 1200. The molecule has 152 valence electrons. The van der Waals surface area contributed by atoms with E-state index in [2.05, 4.69) is 20.6 Å². The molecule has 0 radical (unpaired) electrons. The Morgan fingerprint density at radius 1 is 1.23 bits per heavy atom. The Morgan fingerprint density at radius 3 is 2.90 bits per heavy atom. The Labute approximate surface area is 177 Å². The van der Waals surface area contributed by atoms with Crippen LogP contribution in [0.3, 0.4) is 0 Å². The minimum absolute atomic E-state index is 0.0764. The highest BCUT2D eigenvalue weighted by atomic mass is 35.5. The average molecular weight is 424 g/mol. The second-order valence-corrected chi connectivity index (χ2v) is 6.96. The number of aryl methyl sites for hydroxylation is 1. The van der Waals surface area contributed by atoms with Crippen LogP contribution in [0.25, 0.3) is 17.1 Å². The molecule has 2 aromatic heterocycles. The fraction of sp³-hybridized carbons (Fsp3) is 0.143.